The van der Waals surface area contributed by atoms with Gasteiger partial charge in [-0.2, -0.15) is 0 Å². The van der Waals surface area contributed by atoms with Crippen molar-refractivity contribution in [2.75, 3.05) is 30.9 Å². The Bertz CT molecular complexity index is 324. The highest BCUT2D eigenvalue weighted by molar-refractivity contribution is 9.10. The molecule has 0 aliphatic heterocycles. The van der Waals surface area contributed by atoms with Crippen molar-refractivity contribution in [2.24, 2.45) is 0 Å². The predicted molar refractivity (Wildman–Crippen MR) is 76.5 cm³/mol. The highest BCUT2D eigenvalue weighted by Gasteiger charge is 2.04. The molecule has 0 aromatic heterocycles. The molecule has 1 aromatic carbocycles. The molecule has 0 bridgehead atoms. The van der Waals surface area contributed by atoms with Crippen molar-refractivity contribution >= 4 is 27.3 Å². The maximum absolute atomic E-state index is 3.51. The Hall–Kier alpha value is -0.700. The summed E-state index contributed by atoms with van der Waals surface area (Å²) in [5.74, 6) is 0. The Labute approximate surface area is 107 Å². The molecule has 0 atom stereocenters. The van der Waals surface area contributed by atoms with Crippen LogP contribution in [0, 0.1) is 0 Å². The van der Waals surface area contributed by atoms with Gasteiger partial charge in [0.2, 0.25) is 0 Å². The van der Waals surface area contributed by atoms with Gasteiger partial charge in [0.1, 0.15) is 0 Å². The van der Waals surface area contributed by atoms with E-state index in [4.69, 9.17) is 0 Å². The summed E-state index contributed by atoms with van der Waals surface area (Å²) in [5, 5.41) is 3.50. The predicted octanol–water partition coefficient (Wildman–Crippen LogP) is 4.12. The Morgan fingerprint density at radius 3 is 2.62 bits per heavy atom. The van der Waals surface area contributed by atoms with E-state index in [-0.39, 0.29) is 0 Å². The lowest BCUT2D eigenvalue weighted by Gasteiger charge is -2.18. The lowest BCUT2D eigenvalue weighted by atomic mass is 10.2. The van der Waals surface area contributed by atoms with Crippen LogP contribution in [0.25, 0.3) is 0 Å². The van der Waals surface area contributed by atoms with Gasteiger partial charge in [-0.25, -0.2) is 0 Å². The van der Waals surface area contributed by atoms with E-state index in [1.54, 1.807) is 0 Å². The Morgan fingerprint density at radius 2 is 2.00 bits per heavy atom. The van der Waals surface area contributed by atoms with Crippen LogP contribution in [-0.2, 0) is 0 Å². The molecule has 0 aliphatic rings. The summed E-state index contributed by atoms with van der Waals surface area (Å²) >= 11 is 3.51. The minimum atomic E-state index is 1.05. The first-order valence-electron chi connectivity index (χ1n) is 5.86. The number of anilines is 2. The maximum atomic E-state index is 3.51. The van der Waals surface area contributed by atoms with Gasteiger partial charge in [0.05, 0.1) is 11.4 Å². The molecule has 90 valence electrons. The summed E-state index contributed by atoms with van der Waals surface area (Å²) in [6.45, 7) is 3.27. The molecule has 0 radical (unpaired) electrons. The van der Waals surface area contributed by atoms with Crippen LogP contribution in [0.5, 0.6) is 0 Å². The summed E-state index contributed by atoms with van der Waals surface area (Å²) in [7, 11) is 4.14. The quantitative estimate of drug-likeness (QED) is 0.791. The number of hydrogen-bond acceptors (Lipinski definition) is 2. The van der Waals surface area contributed by atoms with Crippen LogP contribution in [0.3, 0.4) is 0 Å². The Kier molecular flexibility index (Phi) is 5.67. The van der Waals surface area contributed by atoms with Crippen molar-refractivity contribution in [1.82, 2.24) is 0 Å². The van der Waals surface area contributed by atoms with Crippen molar-refractivity contribution in [2.45, 2.75) is 26.2 Å². The standard InChI is InChI=1S/C13H21BrN2/c1-4-5-6-9-15-12-10-11(14)7-8-13(12)16(2)3/h7-8,10,15H,4-6,9H2,1-3H3. The number of nitrogens with zero attached hydrogens (tertiary/aromatic N) is 1. The maximum Gasteiger partial charge on any atom is 0.0597 e. The van der Waals surface area contributed by atoms with E-state index in [1.165, 1.54) is 30.6 Å². The second-order valence-corrected chi connectivity index (χ2v) is 5.11. The number of unbranched alkanes of at least 4 members (excludes halogenated alkanes) is 2. The second kappa shape index (κ2) is 6.79. The van der Waals surface area contributed by atoms with Gasteiger partial charge >= 0.3 is 0 Å². The van der Waals surface area contributed by atoms with Crippen LogP contribution < -0.4 is 10.2 Å². The lowest BCUT2D eigenvalue weighted by Crippen LogP contribution is -2.12. The molecule has 1 aromatic rings. The van der Waals surface area contributed by atoms with Crippen molar-refractivity contribution in [3.63, 3.8) is 0 Å². The summed E-state index contributed by atoms with van der Waals surface area (Å²) in [4.78, 5) is 2.13. The molecule has 1 N–H and O–H groups in total. The second-order valence-electron chi connectivity index (χ2n) is 4.19. The Balaban J connectivity index is 2.65. The summed E-state index contributed by atoms with van der Waals surface area (Å²) in [6.07, 6.45) is 3.79. The first kappa shape index (κ1) is 13.4. The molecular weight excluding hydrogens is 264 g/mol. The number of rotatable bonds is 6. The molecule has 0 heterocycles. The highest BCUT2D eigenvalue weighted by Crippen LogP contribution is 2.27. The number of hydrogen-bond donors (Lipinski definition) is 1. The summed E-state index contributed by atoms with van der Waals surface area (Å²) < 4.78 is 1.12. The average Bonchev–Trinajstić information content (AvgIpc) is 2.24. The lowest BCUT2D eigenvalue weighted by molar-refractivity contribution is 0.743. The van der Waals surface area contributed by atoms with Gasteiger partial charge in [0.25, 0.3) is 0 Å². The number of halogens is 1. The minimum Gasteiger partial charge on any atom is -0.383 e. The fraction of sp³-hybridized carbons (Fsp3) is 0.538. The molecule has 0 amide bonds. The summed E-state index contributed by atoms with van der Waals surface area (Å²) in [5.41, 5.74) is 2.44. The molecule has 3 heteroatoms. The van der Waals surface area contributed by atoms with E-state index in [1.807, 2.05) is 0 Å². The van der Waals surface area contributed by atoms with Crippen molar-refractivity contribution in [1.29, 1.82) is 0 Å². The third-order valence-corrected chi connectivity index (χ3v) is 3.03. The third kappa shape index (κ3) is 4.05. The van der Waals surface area contributed by atoms with E-state index >= 15 is 0 Å². The van der Waals surface area contributed by atoms with Gasteiger partial charge in [-0.15, -0.1) is 0 Å². The zero-order chi connectivity index (χ0) is 12.0. The molecule has 2 nitrogen and oxygen atoms in total. The first-order chi connectivity index (χ1) is 7.65. The number of nitrogens with one attached hydrogen (secondary N) is 1. The fourth-order valence-corrected chi connectivity index (χ4v) is 2.00. The Morgan fingerprint density at radius 1 is 1.25 bits per heavy atom. The van der Waals surface area contributed by atoms with Gasteiger partial charge in [-0.05, 0) is 24.6 Å². The topological polar surface area (TPSA) is 15.3 Å². The molecule has 0 spiro atoms. The fourth-order valence-electron chi connectivity index (χ4n) is 1.64. The van der Waals surface area contributed by atoms with Crippen LogP contribution in [0.15, 0.2) is 22.7 Å². The van der Waals surface area contributed by atoms with Gasteiger partial charge in [-0.1, -0.05) is 35.7 Å². The van der Waals surface area contributed by atoms with Gasteiger partial charge in [0, 0.05) is 25.1 Å². The van der Waals surface area contributed by atoms with Gasteiger partial charge in [-0.3, -0.25) is 0 Å². The summed E-state index contributed by atoms with van der Waals surface area (Å²) in [6, 6.07) is 6.35. The smallest absolute Gasteiger partial charge is 0.0597 e. The van der Waals surface area contributed by atoms with Crippen molar-refractivity contribution < 1.29 is 0 Å². The monoisotopic (exact) mass is 284 g/mol. The molecule has 0 aliphatic carbocycles. The van der Waals surface area contributed by atoms with E-state index in [0.29, 0.717) is 0 Å². The van der Waals surface area contributed by atoms with Crippen LogP contribution in [-0.4, -0.2) is 20.6 Å². The number of benzene rings is 1. The van der Waals surface area contributed by atoms with Crippen LogP contribution >= 0.6 is 15.9 Å². The third-order valence-electron chi connectivity index (χ3n) is 2.54. The average molecular weight is 285 g/mol. The van der Waals surface area contributed by atoms with E-state index < -0.39 is 0 Å². The highest BCUT2D eigenvalue weighted by atomic mass is 79.9. The molecular formula is C13H21BrN2. The zero-order valence-electron chi connectivity index (χ0n) is 10.4. The van der Waals surface area contributed by atoms with Crippen molar-refractivity contribution in [3.05, 3.63) is 22.7 Å². The first-order valence-corrected chi connectivity index (χ1v) is 6.65. The van der Waals surface area contributed by atoms with Crippen LogP contribution in [0.4, 0.5) is 11.4 Å². The molecule has 1 rings (SSSR count). The normalized spacial score (nSPS) is 10.2. The van der Waals surface area contributed by atoms with Gasteiger partial charge in [0.15, 0.2) is 0 Å². The molecule has 16 heavy (non-hydrogen) atoms. The SMILES string of the molecule is CCCCCNc1cc(Br)ccc1N(C)C. The zero-order valence-corrected chi connectivity index (χ0v) is 12.0. The van der Waals surface area contributed by atoms with E-state index in [2.05, 4.69) is 65.4 Å². The van der Waals surface area contributed by atoms with Crippen LogP contribution in [0.2, 0.25) is 0 Å². The molecule has 0 saturated carbocycles. The van der Waals surface area contributed by atoms with E-state index in [0.717, 1.165) is 11.0 Å². The minimum absolute atomic E-state index is 1.05. The van der Waals surface area contributed by atoms with Crippen molar-refractivity contribution in [3.8, 4) is 0 Å². The molecule has 0 unspecified atom stereocenters. The largest absolute Gasteiger partial charge is 0.383 e. The van der Waals surface area contributed by atoms with Crippen LogP contribution in [0.1, 0.15) is 26.2 Å². The molecule has 0 saturated heterocycles. The van der Waals surface area contributed by atoms with Gasteiger partial charge < -0.3 is 10.2 Å². The molecule has 0 fully saturated rings. The van der Waals surface area contributed by atoms with E-state index in [9.17, 15) is 0 Å².